The maximum atomic E-state index is 11.8. The molecule has 4 heteroatoms. The van der Waals surface area contributed by atoms with Crippen LogP contribution in [0.25, 0.3) is 0 Å². The smallest absolute Gasteiger partial charge is 0.226 e. The van der Waals surface area contributed by atoms with Gasteiger partial charge in [0, 0.05) is 25.4 Å². The van der Waals surface area contributed by atoms with E-state index >= 15 is 0 Å². The Bertz CT molecular complexity index is 394. The summed E-state index contributed by atoms with van der Waals surface area (Å²) in [5.41, 5.74) is 0.786. The highest BCUT2D eigenvalue weighted by molar-refractivity contribution is 5.78. The third kappa shape index (κ3) is 2.57. The Morgan fingerprint density at radius 2 is 2.00 bits per heavy atom. The molecular formula is C12H15N3O. The Morgan fingerprint density at radius 3 is 2.44 bits per heavy atom. The molecular weight excluding hydrogens is 202 g/mol. The fourth-order valence-corrected chi connectivity index (χ4v) is 1.46. The highest BCUT2D eigenvalue weighted by Gasteiger charge is 2.22. The minimum absolute atomic E-state index is 0.0386. The van der Waals surface area contributed by atoms with Gasteiger partial charge in [0.2, 0.25) is 5.91 Å². The predicted molar refractivity (Wildman–Crippen MR) is 60.2 cm³/mol. The van der Waals surface area contributed by atoms with Crippen molar-refractivity contribution in [1.29, 1.82) is 5.26 Å². The molecule has 0 bridgehead atoms. The second-order valence-corrected chi connectivity index (χ2v) is 3.92. The van der Waals surface area contributed by atoms with Gasteiger partial charge in [0.15, 0.2) is 0 Å². The van der Waals surface area contributed by atoms with Gasteiger partial charge in [-0.15, -0.1) is 0 Å². The lowest BCUT2D eigenvalue weighted by Crippen LogP contribution is -2.33. The lowest BCUT2D eigenvalue weighted by Gasteiger charge is -2.24. The lowest BCUT2D eigenvalue weighted by atomic mass is 10.1. The largest absolute Gasteiger partial charge is 0.326 e. The monoisotopic (exact) mass is 217 g/mol. The molecule has 0 N–H and O–H groups in total. The Kier molecular flexibility index (Phi) is 4.01. The van der Waals surface area contributed by atoms with Crippen LogP contribution in [0.4, 0.5) is 0 Å². The number of carbonyl (C=O) groups excluding carboxylic acids is 1. The third-order valence-corrected chi connectivity index (χ3v) is 2.37. The van der Waals surface area contributed by atoms with E-state index in [-0.39, 0.29) is 11.8 Å². The fourth-order valence-electron chi connectivity index (χ4n) is 1.46. The molecule has 0 aliphatic carbocycles. The van der Waals surface area contributed by atoms with Gasteiger partial charge in [-0.25, -0.2) is 0 Å². The van der Waals surface area contributed by atoms with Gasteiger partial charge in [-0.2, -0.15) is 5.26 Å². The standard InChI is InChI=1S/C12H15N3O/c1-9(2)12(16)15(3)11(8-13)10-4-6-14-7-5-10/h4-7,9,11H,1-3H3. The van der Waals surface area contributed by atoms with Crippen molar-refractivity contribution < 1.29 is 4.79 Å². The van der Waals surface area contributed by atoms with Crippen molar-refractivity contribution in [3.05, 3.63) is 30.1 Å². The zero-order chi connectivity index (χ0) is 12.1. The average Bonchev–Trinajstić information content (AvgIpc) is 2.30. The van der Waals surface area contributed by atoms with E-state index < -0.39 is 6.04 Å². The van der Waals surface area contributed by atoms with Crippen LogP contribution in [0.1, 0.15) is 25.5 Å². The summed E-state index contributed by atoms with van der Waals surface area (Å²) in [5.74, 6) is -0.147. The van der Waals surface area contributed by atoms with Crippen molar-refractivity contribution in [3.8, 4) is 6.07 Å². The fraction of sp³-hybridized carbons (Fsp3) is 0.417. The minimum atomic E-state index is -0.544. The first-order valence-corrected chi connectivity index (χ1v) is 5.14. The molecule has 1 aromatic heterocycles. The van der Waals surface area contributed by atoms with E-state index in [4.69, 9.17) is 5.26 Å². The van der Waals surface area contributed by atoms with Gasteiger partial charge in [-0.1, -0.05) is 13.8 Å². The van der Waals surface area contributed by atoms with Crippen molar-refractivity contribution >= 4 is 5.91 Å². The molecule has 0 spiro atoms. The maximum absolute atomic E-state index is 11.8. The van der Waals surface area contributed by atoms with E-state index in [1.165, 1.54) is 4.90 Å². The van der Waals surface area contributed by atoms with Crippen molar-refractivity contribution in [2.75, 3.05) is 7.05 Å². The summed E-state index contributed by atoms with van der Waals surface area (Å²) in [6, 6.07) is 5.08. The van der Waals surface area contributed by atoms with Gasteiger partial charge < -0.3 is 4.90 Å². The number of nitriles is 1. The van der Waals surface area contributed by atoms with Crippen molar-refractivity contribution in [1.82, 2.24) is 9.88 Å². The normalized spacial score (nSPS) is 11.9. The van der Waals surface area contributed by atoms with Crippen LogP contribution in [0.15, 0.2) is 24.5 Å². The van der Waals surface area contributed by atoms with E-state index in [2.05, 4.69) is 11.1 Å². The summed E-state index contributed by atoms with van der Waals surface area (Å²) in [6.07, 6.45) is 3.24. The summed E-state index contributed by atoms with van der Waals surface area (Å²) < 4.78 is 0. The number of hydrogen-bond acceptors (Lipinski definition) is 3. The van der Waals surface area contributed by atoms with Crippen LogP contribution in [0.3, 0.4) is 0 Å². The molecule has 1 aromatic rings. The summed E-state index contributed by atoms with van der Waals surface area (Å²) in [5, 5.41) is 9.12. The van der Waals surface area contributed by atoms with Crippen LogP contribution in [0.5, 0.6) is 0 Å². The quantitative estimate of drug-likeness (QED) is 0.775. The third-order valence-electron chi connectivity index (χ3n) is 2.37. The molecule has 1 amide bonds. The molecule has 0 aliphatic rings. The topological polar surface area (TPSA) is 57.0 Å². The minimum Gasteiger partial charge on any atom is -0.326 e. The number of pyridine rings is 1. The van der Waals surface area contributed by atoms with Gasteiger partial charge >= 0.3 is 0 Å². The SMILES string of the molecule is CC(C)C(=O)N(C)C(C#N)c1ccncc1. The molecule has 0 aliphatic heterocycles. The van der Waals surface area contributed by atoms with Crippen LogP contribution in [0, 0.1) is 17.2 Å². The van der Waals surface area contributed by atoms with Crippen molar-refractivity contribution in [2.24, 2.45) is 5.92 Å². The average molecular weight is 217 g/mol. The van der Waals surface area contributed by atoms with Gasteiger partial charge in [0.05, 0.1) is 6.07 Å². The number of hydrogen-bond donors (Lipinski definition) is 0. The Balaban J connectivity index is 2.93. The zero-order valence-corrected chi connectivity index (χ0v) is 9.71. The van der Waals surface area contributed by atoms with E-state index in [0.717, 1.165) is 5.56 Å². The second-order valence-electron chi connectivity index (χ2n) is 3.92. The Hall–Kier alpha value is -1.89. The first kappa shape index (κ1) is 12.2. The number of amides is 1. The van der Waals surface area contributed by atoms with Crippen LogP contribution >= 0.6 is 0 Å². The molecule has 0 saturated heterocycles. The highest BCUT2D eigenvalue weighted by Crippen LogP contribution is 2.19. The van der Waals surface area contributed by atoms with E-state index in [1.54, 1.807) is 31.6 Å². The number of rotatable bonds is 3. The molecule has 0 radical (unpaired) electrons. The van der Waals surface area contributed by atoms with Crippen LogP contribution < -0.4 is 0 Å². The number of aromatic nitrogens is 1. The first-order valence-electron chi connectivity index (χ1n) is 5.14. The molecule has 1 rings (SSSR count). The lowest BCUT2D eigenvalue weighted by molar-refractivity contribution is -0.134. The highest BCUT2D eigenvalue weighted by atomic mass is 16.2. The maximum Gasteiger partial charge on any atom is 0.226 e. The summed E-state index contributed by atoms with van der Waals surface area (Å²) in [4.78, 5) is 17.1. The molecule has 0 aromatic carbocycles. The molecule has 1 heterocycles. The molecule has 4 nitrogen and oxygen atoms in total. The van der Waals surface area contributed by atoms with E-state index in [0.29, 0.717) is 0 Å². The zero-order valence-electron chi connectivity index (χ0n) is 9.71. The summed E-state index contributed by atoms with van der Waals surface area (Å²) in [7, 11) is 1.65. The molecule has 16 heavy (non-hydrogen) atoms. The first-order chi connectivity index (χ1) is 7.57. The Morgan fingerprint density at radius 1 is 1.44 bits per heavy atom. The van der Waals surface area contributed by atoms with Crippen molar-refractivity contribution in [3.63, 3.8) is 0 Å². The van der Waals surface area contributed by atoms with E-state index in [9.17, 15) is 4.79 Å². The van der Waals surface area contributed by atoms with Gasteiger partial charge in [-0.05, 0) is 17.7 Å². The molecule has 84 valence electrons. The number of nitrogens with zero attached hydrogens (tertiary/aromatic N) is 3. The van der Waals surface area contributed by atoms with E-state index in [1.807, 2.05) is 13.8 Å². The Labute approximate surface area is 95.5 Å². The predicted octanol–water partition coefficient (Wildman–Crippen LogP) is 1.76. The van der Waals surface area contributed by atoms with Crippen LogP contribution in [0.2, 0.25) is 0 Å². The van der Waals surface area contributed by atoms with Gasteiger partial charge in [-0.3, -0.25) is 9.78 Å². The summed E-state index contributed by atoms with van der Waals surface area (Å²) in [6.45, 7) is 3.64. The van der Waals surface area contributed by atoms with Crippen molar-refractivity contribution in [2.45, 2.75) is 19.9 Å². The van der Waals surface area contributed by atoms with Crippen LogP contribution in [-0.2, 0) is 4.79 Å². The summed E-state index contributed by atoms with van der Waals surface area (Å²) >= 11 is 0. The van der Waals surface area contributed by atoms with Gasteiger partial charge in [0.25, 0.3) is 0 Å². The van der Waals surface area contributed by atoms with Crippen LogP contribution in [-0.4, -0.2) is 22.8 Å². The second kappa shape index (κ2) is 5.26. The number of carbonyl (C=O) groups is 1. The molecule has 1 atom stereocenters. The molecule has 1 unspecified atom stereocenters. The molecule has 0 fully saturated rings. The molecule has 0 saturated carbocycles. The van der Waals surface area contributed by atoms with Gasteiger partial charge in [0.1, 0.15) is 6.04 Å².